The molecule has 0 spiro atoms. The number of fused-ring (bicyclic) bond motifs is 7. The largest absolute Gasteiger partial charge is 0.452 e. The van der Waals surface area contributed by atoms with Gasteiger partial charge in [0.2, 0.25) is 0 Å². The van der Waals surface area contributed by atoms with E-state index in [2.05, 4.69) is 41.1 Å². The van der Waals surface area contributed by atoms with Crippen molar-refractivity contribution in [3.05, 3.63) is 58.1 Å². The molecule has 2 heterocycles. The Morgan fingerprint density at radius 2 is 1.73 bits per heavy atom. The Bertz CT molecular complexity index is 1040. The van der Waals surface area contributed by atoms with E-state index in [4.69, 9.17) is 8.83 Å². The minimum absolute atomic E-state index is 0.416. The van der Waals surface area contributed by atoms with Crippen LogP contribution in [-0.4, -0.2) is 0 Å². The summed E-state index contributed by atoms with van der Waals surface area (Å²) in [4.78, 5) is 0. The molecule has 1 atom stereocenters. The Morgan fingerprint density at radius 3 is 2.64 bits per heavy atom. The van der Waals surface area contributed by atoms with Crippen LogP contribution in [-0.2, 0) is 6.42 Å². The summed E-state index contributed by atoms with van der Waals surface area (Å²) in [5, 5.41) is 2.39. The molecule has 3 heteroatoms. The number of rotatable bonds is 0. The van der Waals surface area contributed by atoms with E-state index in [1.165, 1.54) is 21.9 Å². The molecule has 0 amide bonds. The summed E-state index contributed by atoms with van der Waals surface area (Å²) in [7, 11) is 0. The van der Waals surface area contributed by atoms with Gasteiger partial charge in [-0.05, 0) is 36.6 Å². The maximum absolute atomic E-state index is 6.16. The number of furan rings is 2. The lowest BCUT2D eigenvalue weighted by molar-refractivity contribution is 0.547. The van der Waals surface area contributed by atoms with E-state index >= 15 is 0 Å². The zero-order chi connectivity index (χ0) is 14.8. The molecule has 0 radical (unpaired) electrons. The van der Waals surface area contributed by atoms with Gasteiger partial charge in [0, 0.05) is 26.4 Å². The fraction of sp³-hybridized carbons (Fsp3) is 0.158. The Hall–Kier alpha value is -2.00. The van der Waals surface area contributed by atoms with Crippen LogP contribution in [0.4, 0.5) is 0 Å². The smallest absolute Gasteiger partial charge is 0.174 e. The van der Waals surface area contributed by atoms with Crippen molar-refractivity contribution in [3.8, 4) is 11.5 Å². The first-order valence-corrected chi connectivity index (χ1v) is 8.24. The average molecular weight is 353 g/mol. The summed E-state index contributed by atoms with van der Waals surface area (Å²) in [6.45, 7) is 2.26. The van der Waals surface area contributed by atoms with Crippen molar-refractivity contribution in [2.24, 2.45) is 0 Å². The zero-order valence-electron chi connectivity index (χ0n) is 12.0. The highest BCUT2D eigenvalue weighted by molar-refractivity contribution is 9.10. The molecule has 0 saturated carbocycles. The van der Waals surface area contributed by atoms with Crippen molar-refractivity contribution in [1.29, 1.82) is 0 Å². The molecule has 0 aliphatic heterocycles. The Morgan fingerprint density at radius 1 is 0.955 bits per heavy atom. The van der Waals surface area contributed by atoms with Gasteiger partial charge in [-0.1, -0.05) is 41.1 Å². The van der Waals surface area contributed by atoms with Gasteiger partial charge in [-0.3, -0.25) is 0 Å². The van der Waals surface area contributed by atoms with E-state index in [1.807, 2.05) is 24.3 Å². The molecule has 5 rings (SSSR count). The predicted molar refractivity (Wildman–Crippen MR) is 91.2 cm³/mol. The molecule has 1 aliphatic carbocycles. The van der Waals surface area contributed by atoms with E-state index in [1.54, 1.807) is 0 Å². The highest BCUT2D eigenvalue weighted by Crippen LogP contribution is 2.48. The highest BCUT2D eigenvalue weighted by atomic mass is 79.9. The zero-order valence-corrected chi connectivity index (χ0v) is 13.6. The summed E-state index contributed by atoms with van der Waals surface area (Å²) >= 11 is 3.56. The molecule has 1 aliphatic rings. The van der Waals surface area contributed by atoms with Gasteiger partial charge in [0.15, 0.2) is 11.5 Å². The van der Waals surface area contributed by atoms with Crippen molar-refractivity contribution in [3.63, 3.8) is 0 Å². The second kappa shape index (κ2) is 4.26. The second-order valence-corrected chi connectivity index (χ2v) is 6.91. The topological polar surface area (TPSA) is 26.3 Å². The fourth-order valence-electron chi connectivity index (χ4n) is 3.64. The standard InChI is InChI=1S/C19H13BrO2/c1-10-8-13-12-4-2-3-5-15(12)21-18(13)19-17(10)14-9-11(20)6-7-16(14)22-19/h2-7,9-10H,8H2,1H3. The van der Waals surface area contributed by atoms with Crippen LogP contribution in [0.2, 0.25) is 0 Å². The summed E-state index contributed by atoms with van der Waals surface area (Å²) in [6.07, 6.45) is 0.987. The quantitative estimate of drug-likeness (QED) is 0.372. The lowest BCUT2D eigenvalue weighted by Gasteiger charge is -2.17. The van der Waals surface area contributed by atoms with Gasteiger partial charge >= 0.3 is 0 Å². The number of hydrogen-bond acceptors (Lipinski definition) is 2. The predicted octanol–water partition coefficient (Wildman–Crippen LogP) is 6.27. The minimum atomic E-state index is 0.416. The van der Waals surface area contributed by atoms with Crippen LogP contribution in [0.5, 0.6) is 0 Å². The van der Waals surface area contributed by atoms with Crippen LogP contribution in [0, 0.1) is 0 Å². The molecule has 0 N–H and O–H groups in total. The molecule has 1 unspecified atom stereocenters. The van der Waals surface area contributed by atoms with Gasteiger partial charge in [-0.2, -0.15) is 0 Å². The van der Waals surface area contributed by atoms with Gasteiger partial charge in [-0.25, -0.2) is 0 Å². The van der Waals surface area contributed by atoms with Gasteiger partial charge in [0.1, 0.15) is 11.2 Å². The molecule has 22 heavy (non-hydrogen) atoms. The van der Waals surface area contributed by atoms with E-state index in [-0.39, 0.29) is 0 Å². The van der Waals surface area contributed by atoms with Crippen molar-refractivity contribution in [1.82, 2.24) is 0 Å². The molecule has 0 bridgehead atoms. The van der Waals surface area contributed by atoms with Crippen LogP contribution >= 0.6 is 15.9 Å². The van der Waals surface area contributed by atoms with Gasteiger partial charge in [0.25, 0.3) is 0 Å². The lowest BCUT2D eigenvalue weighted by atomic mass is 9.85. The summed E-state index contributed by atoms with van der Waals surface area (Å²) in [5.41, 5.74) is 4.40. The molecule has 2 aromatic carbocycles. The first kappa shape index (κ1) is 12.5. The number of hydrogen-bond donors (Lipinski definition) is 0. The maximum Gasteiger partial charge on any atom is 0.174 e. The molecule has 0 fully saturated rings. The van der Waals surface area contributed by atoms with Gasteiger partial charge in [-0.15, -0.1) is 0 Å². The molecular formula is C19H13BrO2. The third-order valence-corrected chi connectivity index (χ3v) is 5.09. The van der Waals surface area contributed by atoms with Gasteiger partial charge in [0.05, 0.1) is 0 Å². The van der Waals surface area contributed by atoms with E-state index < -0.39 is 0 Å². The normalized spacial score (nSPS) is 16.9. The van der Waals surface area contributed by atoms with Crippen molar-refractivity contribution < 1.29 is 8.83 Å². The monoisotopic (exact) mass is 352 g/mol. The molecule has 2 aromatic heterocycles. The molecule has 2 nitrogen and oxygen atoms in total. The average Bonchev–Trinajstić information content (AvgIpc) is 3.06. The fourth-order valence-corrected chi connectivity index (χ4v) is 4.00. The van der Waals surface area contributed by atoms with Crippen LogP contribution in [0.3, 0.4) is 0 Å². The first-order chi connectivity index (χ1) is 10.7. The Kier molecular flexibility index (Phi) is 2.43. The number of para-hydroxylation sites is 1. The number of benzene rings is 2. The lowest BCUT2D eigenvalue weighted by Crippen LogP contribution is -2.05. The minimum Gasteiger partial charge on any atom is -0.452 e. The van der Waals surface area contributed by atoms with E-state index in [0.29, 0.717) is 5.92 Å². The van der Waals surface area contributed by atoms with Crippen LogP contribution in [0.15, 0.2) is 55.8 Å². The molecule has 4 aromatic rings. The SMILES string of the molecule is CC1Cc2c(oc3ccccc23)-c2oc3ccc(Br)cc3c21. The number of halogens is 1. The van der Waals surface area contributed by atoms with Crippen molar-refractivity contribution in [2.75, 3.05) is 0 Å². The van der Waals surface area contributed by atoms with Crippen LogP contribution < -0.4 is 0 Å². The van der Waals surface area contributed by atoms with Gasteiger partial charge < -0.3 is 8.83 Å². The first-order valence-electron chi connectivity index (χ1n) is 7.45. The Labute approximate surface area is 135 Å². The maximum atomic E-state index is 6.16. The molecule has 0 saturated heterocycles. The van der Waals surface area contributed by atoms with Crippen LogP contribution in [0.1, 0.15) is 24.0 Å². The van der Waals surface area contributed by atoms with Crippen molar-refractivity contribution >= 4 is 37.9 Å². The van der Waals surface area contributed by atoms with E-state index in [0.717, 1.165) is 33.6 Å². The second-order valence-electron chi connectivity index (χ2n) is 6.00. The third-order valence-electron chi connectivity index (χ3n) is 4.60. The van der Waals surface area contributed by atoms with Crippen molar-refractivity contribution in [2.45, 2.75) is 19.3 Å². The van der Waals surface area contributed by atoms with E-state index in [9.17, 15) is 0 Å². The summed E-state index contributed by atoms with van der Waals surface area (Å²) in [5.74, 6) is 2.22. The third kappa shape index (κ3) is 1.55. The molecular weight excluding hydrogens is 340 g/mol. The summed E-state index contributed by atoms with van der Waals surface area (Å²) in [6, 6.07) is 14.4. The van der Waals surface area contributed by atoms with Crippen LogP contribution in [0.25, 0.3) is 33.5 Å². The Balaban J connectivity index is 1.91. The molecule has 108 valence electrons. The summed E-state index contributed by atoms with van der Waals surface area (Å²) < 4.78 is 13.4. The highest BCUT2D eigenvalue weighted by Gasteiger charge is 2.32.